The summed E-state index contributed by atoms with van der Waals surface area (Å²) in [6.45, 7) is 0. The molecule has 0 aromatic rings. The monoisotopic (exact) mass is 764 g/mol. The van der Waals surface area contributed by atoms with Crippen molar-refractivity contribution in [2.75, 3.05) is 5.75 Å². The molecule has 1 N–H and O–H groups in total. The van der Waals surface area contributed by atoms with Gasteiger partial charge >= 0.3 is 77.2 Å². The van der Waals surface area contributed by atoms with Crippen molar-refractivity contribution in [3.63, 3.8) is 0 Å². The van der Waals surface area contributed by atoms with Gasteiger partial charge in [0, 0.05) is 0 Å². The zero-order valence-electron chi connectivity index (χ0n) is 19.1. The van der Waals surface area contributed by atoms with Crippen LogP contribution in [-0.4, -0.2) is 96.0 Å². The van der Waals surface area contributed by atoms with E-state index < -0.39 is 93.1 Å². The summed E-state index contributed by atoms with van der Waals surface area (Å²) in [5.41, 5.74) is 0. The first-order valence-corrected chi connectivity index (χ1v) is 10.9. The van der Waals surface area contributed by atoms with E-state index in [2.05, 4.69) is 0 Å². The van der Waals surface area contributed by atoms with Crippen LogP contribution in [0.1, 0.15) is 0 Å². The van der Waals surface area contributed by atoms with Crippen molar-refractivity contribution < 1.29 is 132 Å². The van der Waals surface area contributed by atoms with Gasteiger partial charge in [-0.1, -0.05) is 0 Å². The van der Waals surface area contributed by atoms with Gasteiger partial charge in [-0.2, -0.15) is 127 Å². The Morgan fingerprint density at radius 3 is 0.622 bits per heavy atom. The Kier molecular flexibility index (Phi) is 9.81. The Morgan fingerprint density at radius 2 is 0.467 bits per heavy atom. The lowest BCUT2D eigenvalue weighted by atomic mass is 9.84. The second-order valence-electron chi connectivity index (χ2n) is 8.25. The molecule has 31 heteroatoms. The lowest BCUT2D eigenvalue weighted by Gasteiger charge is -2.46. The summed E-state index contributed by atoms with van der Waals surface area (Å²) >= 11 is 0. The van der Waals surface area contributed by atoms with Crippen molar-refractivity contribution in [1.82, 2.24) is 0 Å². The van der Waals surface area contributed by atoms with Crippen molar-refractivity contribution in [2.45, 2.75) is 77.2 Å². The van der Waals surface area contributed by atoms with Crippen LogP contribution in [0.2, 0.25) is 0 Å². The van der Waals surface area contributed by atoms with Gasteiger partial charge in [0.15, 0.2) is 0 Å². The summed E-state index contributed by atoms with van der Waals surface area (Å²) in [5.74, 6) is -116. The first-order valence-electron chi connectivity index (χ1n) is 9.26. The predicted molar refractivity (Wildman–Crippen MR) is 81.8 cm³/mol. The highest BCUT2D eigenvalue weighted by molar-refractivity contribution is 7.85. The zero-order chi connectivity index (χ0) is 37.7. The molecule has 0 rings (SSSR count). The third kappa shape index (κ3) is 5.36. The van der Waals surface area contributed by atoms with E-state index in [0.29, 0.717) is 0 Å². The molecule has 0 atom stereocenters. The zero-order valence-corrected chi connectivity index (χ0v) is 19.9. The highest BCUT2D eigenvalue weighted by Crippen LogP contribution is 2.68. The van der Waals surface area contributed by atoms with Gasteiger partial charge < -0.3 is 0 Å². The summed E-state index contributed by atoms with van der Waals surface area (Å²) < 4.78 is 386. The second kappa shape index (κ2) is 10.3. The molecule has 3 nitrogen and oxygen atoms in total. The van der Waals surface area contributed by atoms with Crippen molar-refractivity contribution in [1.29, 1.82) is 0 Å². The van der Waals surface area contributed by atoms with Crippen LogP contribution in [0.15, 0.2) is 0 Å². The Hall–Kier alpha value is -1.98. The largest absolute Gasteiger partial charge is 0.460 e. The average molecular weight is 764 g/mol. The molecule has 0 saturated carbocycles. The number of alkyl halides is 27. The quantitative estimate of drug-likeness (QED) is 0.153. The number of hydrogen-bond donors (Lipinski definition) is 1. The molecule has 0 fully saturated rings. The van der Waals surface area contributed by atoms with Crippen LogP contribution in [0, 0.1) is 0 Å². The van der Waals surface area contributed by atoms with Gasteiger partial charge in [0.05, 0.1) is 0 Å². The van der Waals surface area contributed by atoms with Gasteiger partial charge in [0.1, 0.15) is 5.75 Å². The first kappa shape index (κ1) is 43.0. The summed E-state index contributed by atoms with van der Waals surface area (Å²) in [4.78, 5) is 0. The summed E-state index contributed by atoms with van der Waals surface area (Å²) in [6, 6.07) is 0. The number of rotatable bonds is 13. The topological polar surface area (TPSA) is 54.4 Å². The van der Waals surface area contributed by atoms with Gasteiger partial charge in [-0.3, -0.25) is 4.55 Å². The highest BCUT2D eigenvalue weighted by atomic mass is 32.2. The van der Waals surface area contributed by atoms with Crippen molar-refractivity contribution in [3.05, 3.63) is 0 Å². The molecular formula is C14H3F27O3S. The molecule has 0 aromatic heterocycles. The molecule has 0 saturated heterocycles. The fourth-order valence-corrected chi connectivity index (χ4v) is 3.14. The molecule has 0 aliphatic carbocycles. The van der Waals surface area contributed by atoms with Crippen molar-refractivity contribution in [3.8, 4) is 0 Å². The van der Waals surface area contributed by atoms with Crippen LogP contribution in [0.5, 0.6) is 0 Å². The molecule has 0 amide bonds. The maximum absolute atomic E-state index is 13.6. The van der Waals surface area contributed by atoms with Gasteiger partial charge in [-0.15, -0.1) is 0 Å². The number of hydrogen-bond acceptors (Lipinski definition) is 2. The molecule has 0 heterocycles. The molecule has 0 aromatic carbocycles. The Morgan fingerprint density at radius 1 is 0.311 bits per heavy atom. The maximum Gasteiger partial charge on any atom is 0.460 e. The maximum atomic E-state index is 13.6. The molecule has 0 aliphatic rings. The highest BCUT2D eigenvalue weighted by Gasteiger charge is 3.00. The van der Waals surface area contributed by atoms with E-state index in [4.69, 9.17) is 4.55 Å². The normalized spacial score (nSPS) is 17.2. The smallest absolute Gasteiger partial charge is 0.285 e. The lowest BCUT2D eigenvalue weighted by Crippen LogP contribution is -2.79. The third-order valence-electron chi connectivity index (χ3n) is 5.12. The van der Waals surface area contributed by atoms with Crippen molar-refractivity contribution >= 4 is 10.1 Å². The Balaban J connectivity index is 7.49. The molecule has 45 heavy (non-hydrogen) atoms. The molecule has 0 radical (unpaired) electrons. The van der Waals surface area contributed by atoms with Crippen LogP contribution in [0.25, 0.3) is 0 Å². The van der Waals surface area contributed by atoms with Crippen LogP contribution in [0.3, 0.4) is 0 Å². The SMILES string of the molecule is O=S(=O)(O)CC(F)(F)C(F)(F)C(F)(F)C(F)(F)C(F)(F)C(F)(F)C(F)(F)C(F)(F)C(F)(F)C(F)(F)C(F)(F)C(F)(F)C(F)(F)F. The minimum Gasteiger partial charge on any atom is -0.285 e. The van der Waals surface area contributed by atoms with Crippen LogP contribution in [0.4, 0.5) is 119 Å². The van der Waals surface area contributed by atoms with E-state index in [9.17, 15) is 127 Å². The van der Waals surface area contributed by atoms with Gasteiger partial charge in [-0.25, -0.2) is 0 Å². The van der Waals surface area contributed by atoms with Crippen molar-refractivity contribution in [2.24, 2.45) is 0 Å². The van der Waals surface area contributed by atoms with Crippen LogP contribution >= 0.6 is 0 Å². The average Bonchev–Trinajstić information content (AvgIpc) is 2.75. The standard InChI is InChI=1S/C14H3F27O3S/c15-2(16,1-45(42,43)44)3(17,18)4(19,20)5(21,22)6(23,24)7(25,26)8(27,28)9(29,30)10(31,32)11(33,34)12(35,36)13(37,38)14(39,40)41/h1H2,(H,42,43,44). The van der Waals surface area contributed by atoms with Crippen LogP contribution < -0.4 is 0 Å². The molecule has 0 aliphatic heterocycles. The van der Waals surface area contributed by atoms with E-state index in [-0.39, 0.29) is 0 Å². The summed E-state index contributed by atoms with van der Waals surface area (Å²) in [5, 5.41) is 0. The molecular weight excluding hydrogens is 761 g/mol. The molecule has 0 spiro atoms. The van der Waals surface area contributed by atoms with E-state index in [1.165, 1.54) is 0 Å². The third-order valence-corrected chi connectivity index (χ3v) is 5.85. The molecule has 0 unspecified atom stereocenters. The summed E-state index contributed by atoms with van der Waals surface area (Å²) in [7, 11) is -6.84. The van der Waals surface area contributed by atoms with Gasteiger partial charge in [0.25, 0.3) is 10.1 Å². The summed E-state index contributed by atoms with van der Waals surface area (Å²) in [6.07, 6.45) is -8.28. The fraction of sp³-hybridized carbons (Fsp3) is 1.00. The Labute approximate surface area is 226 Å². The van der Waals surface area contributed by atoms with Gasteiger partial charge in [-0.05, 0) is 0 Å². The fourth-order valence-electron chi connectivity index (χ4n) is 2.50. The molecule has 272 valence electrons. The lowest BCUT2D eigenvalue weighted by molar-refractivity contribution is -0.484. The van der Waals surface area contributed by atoms with E-state index in [1.54, 1.807) is 0 Å². The minimum atomic E-state index is -9.88. The second-order valence-corrected chi connectivity index (χ2v) is 9.70. The van der Waals surface area contributed by atoms with E-state index >= 15 is 0 Å². The molecule has 0 bridgehead atoms. The van der Waals surface area contributed by atoms with E-state index in [0.717, 1.165) is 0 Å². The van der Waals surface area contributed by atoms with Crippen LogP contribution in [-0.2, 0) is 10.1 Å². The van der Waals surface area contributed by atoms with Gasteiger partial charge in [0.2, 0.25) is 0 Å². The minimum absolute atomic E-state index is 4.26. The van der Waals surface area contributed by atoms with E-state index in [1.807, 2.05) is 0 Å². The predicted octanol–water partition coefficient (Wildman–Crippen LogP) is 8.06. The Bertz CT molecular complexity index is 1210. The first-order chi connectivity index (χ1) is 18.7. The number of halogens is 27.